The van der Waals surface area contributed by atoms with Crippen LogP contribution in [-0.4, -0.2) is 18.0 Å². The Morgan fingerprint density at radius 1 is 1.06 bits per heavy atom. The maximum Gasteiger partial charge on any atom is 0.0328 e. The number of nitrogens with zero attached hydrogens (tertiary/aromatic N) is 1. The Morgan fingerprint density at radius 3 is 2.29 bits per heavy atom. The van der Waals surface area contributed by atoms with E-state index in [4.69, 9.17) is 0 Å². The van der Waals surface area contributed by atoms with Crippen molar-refractivity contribution in [2.45, 2.75) is 92.4 Å². The molecule has 0 aromatic heterocycles. The summed E-state index contributed by atoms with van der Waals surface area (Å²) in [5, 5.41) is 0. The molecule has 2 nitrogen and oxygen atoms in total. The number of nitrogens with two attached hydrogens (primary N) is 1. The number of fused-ring (bicyclic) bond motifs is 1. The van der Waals surface area contributed by atoms with E-state index < -0.39 is 0 Å². The van der Waals surface area contributed by atoms with Crippen molar-refractivity contribution in [2.75, 3.05) is 13.1 Å². The van der Waals surface area contributed by atoms with Crippen molar-refractivity contribution in [3.8, 4) is 0 Å². The summed E-state index contributed by atoms with van der Waals surface area (Å²) >= 11 is 0. The number of piperidine rings is 1. The van der Waals surface area contributed by atoms with Crippen molar-refractivity contribution in [1.82, 2.24) is 4.90 Å². The molecule has 1 heterocycles. The minimum Gasteiger partial charge on any atom is -0.405 e. The molecule has 2 aliphatic rings. The van der Waals surface area contributed by atoms with Crippen LogP contribution in [0.3, 0.4) is 0 Å². The lowest BCUT2D eigenvalue weighted by molar-refractivity contribution is 0.110. The normalized spacial score (nSPS) is 20.9. The average Bonchev–Trinajstić information content (AvgIpc) is 2.92. The molecule has 3 unspecified atom stereocenters. The summed E-state index contributed by atoms with van der Waals surface area (Å²) in [6.07, 6.45) is 17.8. The highest BCUT2D eigenvalue weighted by atomic mass is 15.1. The predicted molar refractivity (Wildman–Crippen MR) is 157 cm³/mol. The molecule has 35 heavy (non-hydrogen) atoms. The van der Waals surface area contributed by atoms with Crippen LogP contribution < -0.4 is 5.73 Å². The lowest BCUT2D eigenvalue weighted by atomic mass is 9.75. The third-order valence-corrected chi connectivity index (χ3v) is 7.68. The highest BCUT2D eigenvalue weighted by molar-refractivity contribution is 5.34. The van der Waals surface area contributed by atoms with Crippen LogP contribution in [0.5, 0.6) is 0 Å². The Labute approximate surface area is 218 Å². The summed E-state index contributed by atoms with van der Waals surface area (Å²) < 4.78 is 0. The maximum atomic E-state index is 4.61. The average molecular weight is 479 g/mol. The molecular formula is C33H54N2. The van der Waals surface area contributed by atoms with Gasteiger partial charge >= 0.3 is 0 Å². The fourth-order valence-corrected chi connectivity index (χ4v) is 5.33. The van der Waals surface area contributed by atoms with Gasteiger partial charge < -0.3 is 10.6 Å². The molecule has 1 aromatic rings. The van der Waals surface area contributed by atoms with Crippen LogP contribution in [-0.2, 0) is 6.42 Å². The zero-order chi connectivity index (χ0) is 26.1. The molecule has 0 radical (unpaired) electrons. The first kappa shape index (κ1) is 30.8. The molecule has 3 rings (SSSR count). The zero-order valence-electron chi connectivity index (χ0n) is 23.6. The number of hydrogen-bond donors (Lipinski definition) is 1. The van der Waals surface area contributed by atoms with E-state index in [1.807, 2.05) is 13.8 Å². The molecule has 0 amide bonds. The van der Waals surface area contributed by atoms with E-state index >= 15 is 0 Å². The van der Waals surface area contributed by atoms with Gasteiger partial charge in [0.1, 0.15) is 0 Å². The maximum absolute atomic E-state index is 4.61. The Balaban J connectivity index is 0.00000114. The van der Waals surface area contributed by atoms with Crippen molar-refractivity contribution in [3.05, 3.63) is 84.2 Å². The Bertz CT molecular complexity index is 774. The first-order valence-electron chi connectivity index (χ1n) is 14.2. The van der Waals surface area contributed by atoms with E-state index in [0.717, 1.165) is 31.1 Å². The summed E-state index contributed by atoms with van der Waals surface area (Å²) in [6, 6.07) is 10.9. The van der Waals surface area contributed by atoms with Crippen LogP contribution in [0, 0.1) is 17.8 Å². The molecule has 0 bridgehead atoms. The van der Waals surface area contributed by atoms with Crippen molar-refractivity contribution in [2.24, 2.45) is 23.5 Å². The van der Waals surface area contributed by atoms with E-state index in [0.29, 0.717) is 5.92 Å². The van der Waals surface area contributed by atoms with Gasteiger partial charge in [0, 0.05) is 18.8 Å². The van der Waals surface area contributed by atoms with Crippen LogP contribution in [0.25, 0.3) is 0 Å². The van der Waals surface area contributed by atoms with Gasteiger partial charge in [0.05, 0.1) is 0 Å². The number of aryl methyl sites for hydroxylation is 1. The standard InChI is InChI=1S/C29H43N.C2H5N.C2H6/c1-5-23(3)29(19-18-25(6-2)16-17-26-12-8-7-9-13-26)24(4)30-21-20-27-14-10-11-15-28(27)22-30;1-2-3;1-2/h7-9,12-13,18-19,23,27-28H,4-6,10-11,14-17,20-22H2,1-3H3;2H,1,3H2;1-2H3/b25-18+,29-19+;;. The van der Waals surface area contributed by atoms with Gasteiger partial charge in [-0.1, -0.05) is 115 Å². The van der Waals surface area contributed by atoms with Gasteiger partial charge in [-0.15, -0.1) is 0 Å². The van der Waals surface area contributed by atoms with E-state index in [1.54, 1.807) is 5.57 Å². The van der Waals surface area contributed by atoms with E-state index in [9.17, 15) is 0 Å². The Hall–Kier alpha value is -2.22. The SMILES string of the molecule is C=C(/C(=C/C=C(\CC)CCc1ccccc1)C(C)CC)N1CCC2CCCCC2C1.C=CN.CC. The molecule has 3 atom stereocenters. The van der Waals surface area contributed by atoms with Crippen molar-refractivity contribution >= 4 is 0 Å². The first-order chi connectivity index (χ1) is 17.0. The number of hydrogen-bond acceptors (Lipinski definition) is 2. The summed E-state index contributed by atoms with van der Waals surface area (Å²) in [5.41, 5.74) is 10.3. The second-order valence-electron chi connectivity index (χ2n) is 9.82. The minimum atomic E-state index is 0.560. The van der Waals surface area contributed by atoms with Crippen molar-refractivity contribution < 1.29 is 0 Å². The highest BCUT2D eigenvalue weighted by Gasteiger charge is 2.32. The number of benzene rings is 1. The van der Waals surface area contributed by atoms with Gasteiger partial charge in [-0.05, 0) is 73.6 Å². The van der Waals surface area contributed by atoms with Crippen LogP contribution in [0.4, 0.5) is 0 Å². The minimum absolute atomic E-state index is 0.560. The second-order valence-corrected chi connectivity index (χ2v) is 9.82. The molecule has 2 N–H and O–H groups in total. The third-order valence-electron chi connectivity index (χ3n) is 7.68. The van der Waals surface area contributed by atoms with Crippen molar-refractivity contribution in [1.29, 1.82) is 0 Å². The van der Waals surface area contributed by atoms with E-state index in [2.05, 4.69) is 87.0 Å². The first-order valence-corrected chi connectivity index (χ1v) is 14.2. The molecule has 1 saturated carbocycles. The molecule has 2 fully saturated rings. The van der Waals surface area contributed by atoms with Crippen molar-refractivity contribution in [3.63, 3.8) is 0 Å². The molecule has 1 saturated heterocycles. The van der Waals surface area contributed by atoms with Gasteiger partial charge in [0.25, 0.3) is 0 Å². The number of rotatable bonds is 9. The fourth-order valence-electron chi connectivity index (χ4n) is 5.33. The zero-order valence-corrected chi connectivity index (χ0v) is 23.6. The molecule has 1 aliphatic carbocycles. The van der Waals surface area contributed by atoms with Crippen LogP contribution in [0.1, 0.15) is 91.5 Å². The summed E-state index contributed by atoms with van der Waals surface area (Å²) in [5.74, 6) is 2.43. The lowest BCUT2D eigenvalue weighted by Crippen LogP contribution is -2.41. The van der Waals surface area contributed by atoms with E-state index in [-0.39, 0.29) is 0 Å². The molecule has 196 valence electrons. The Morgan fingerprint density at radius 2 is 1.69 bits per heavy atom. The van der Waals surface area contributed by atoms with Gasteiger partial charge in [-0.2, -0.15) is 0 Å². The number of allylic oxidation sites excluding steroid dienone is 4. The summed E-state index contributed by atoms with van der Waals surface area (Å²) in [4.78, 5) is 2.62. The van der Waals surface area contributed by atoms with Crippen LogP contribution >= 0.6 is 0 Å². The molecular weight excluding hydrogens is 424 g/mol. The van der Waals surface area contributed by atoms with Gasteiger partial charge in [-0.25, -0.2) is 0 Å². The molecule has 1 aliphatic heterocycles. The predicted octanol–water partition coefficient (Wildman–Crippen LogP) is 9.07. The lowest BCUT2D eigenvalue weighted by Gasteiger charge is -2.43. The second kappa shape index (κ2) is 18.1. The largest absolute Gasteiger partial charge is 0.405 e. The van der Waals surface area contributed by atoms with Gasteiger partial charge in [0.2, 0.25) is 0 Å². The van der Waals surface area contributed by atoms with Crippen LogP contribution in [0.2, 0.25) is 0 Å². The number of likely N-dealkylation sites (tertiary alicyclic amines) is 1. The summed E-state index contributed by atoms with van der Waals surface area (Å²) in [7, 11) is 0. The Kier molecular flexibility index (Phi) is 15.9. The smallest absolute Gasteiger partial charge is 0.0328 e. The van der Waals surface area contributed by atoms with Gasteiger partial charge in [-0.3, -0.25) is 0 Å². The topological polar surface area (TPSA) is 29.3 Å². The monoisotopic (exact) mass is 478 g/mol. The van der Waals surface area contributed by atoms with Crippen LogP contribution in [0.15, 0.2) is 78.7 Å². The molecule has 1 aromatic carbocycles. The highest BCUT2D eigenvalue weighted by Crippen LogP contribution is 2.38. The molecule has 0 spiro atoms. The fraction of sp³-hybridized carbons (Fsp3) is 0.576. The van der Waals surface area contributed by atoms with Gasteiger partial charge in [0.15, 0.2) is 0 Å². The third kappa shape index (κ3) is 10.5. The quantitative estimate of drug-likeness (QED) is 0.359. The molecule has 2 heteroatoms. The summed E-state index contributed by atoms with van der Waals surface area (Å²) in [6.45, 7) is 21.1. The van der Waals surface area contributed by atoms with E-state index in [1.165, 1.54) is 74.6 Å².